The summed E-state index contributed by atoms with van der Waals surface area (Å²) < 4.78 is 26.1. The van der Waals surface area contributed by atoms with Gasteiger partial charge in [0.15, 0.2) is 14.1 Å². The maximum absolute atomic E-state index is 6.90. The van der Waals surface area contributed by atoms with E-state index in [0.717, 1.165) is 44.3 Å². The fourth-order valence-electron chi connectivity index (χ4n) is 7.59. The first-order valence-electron chi connectivity index (χ1n) is 13.7. The van der Waals surface area contributed by atoms with Crippen molar-refractivity contribution in [3.63, 3.8) is 0 Å². The minimum absolute atomic E-state index is 0.0646. The van der Waals surface area contributed by atoms with Crippen LogP contribution in [0.25, 0.3) is 0 Å². The summed E-state index contributed by atoms with van der Waals surface area (Å²) in [6.07, 6.45) is 11.1. The van der Waals surface area contributed by atoms with Crippen molar-refractivity contribution in [3.05, 3.63) is 23.5 Å². The molecule has 196 valence electrons. The number of hydrogen-bond acceptors (Lipinski definition) is 4. The van der Waals surface area contributed by atoms with Gasteiger partial charge in [0.25, 0.3) is 0 Å². The molecule has 0 N–H and O–H groups in total. The lowest BCUT2D eigenvalue weighted by atomic mass is 9.51. The molecule has 2 fully saturated rings. The molecule has 1 unspecified atom stereocenters. The third-order valence-electron chi connectivity index (χ3n) is 9.82. The Morgan fingerprint density at radius 2 is 1.82 bits per heavy atom. The molecule has 2 saturated heterocycles. The average molecular weight is 493 g/mol. The van der Waals surface area contributed by atoms with Gasteiger partial charge in [0.05, 0.1) is 24.2 Å². The van der Waals surface area contributed by atoms with Crippen LogP contribution in [0.2, 0.25) is 18.1 Å². The Labute approximate surface area is 211 Å². The summed E-state index contributed by atoms with van der Waals surface area (Å²) in [6.45, 7) is 18.4. The fourth-order valence-corrected chi connectivity index (χ4v) is 10.8. The van der Waals surface area contributed by atoms with Crippen molar-refractivity contribution in [2.75, 3.05) is 14.2 Å². The maximum Gasteiger partial charge on any atom is 0.192 e. The predicted molar refractivity (Wildman–Crippen MR) is 143 cm³/mol. The fraction of sp³-hybridized carbons (Fsp3) is 0.862. The minimum Gasteiger partial charge on any atom is -0.501 e. The van der Waals surface area contributed by atoms with Gasteiger partial charge in [-0.15, -0.1) is 0 Å². The summed E-state index contributed by atoms with van der Waals surface area (Å²) >= 11 is 0. The molecule has 0 spiro atoms. The van der Waals surface area contributed by atoms with Crippen LogP contribution >= 0.6 is 0 Å². The number of rotatable bonds is 13. The highest BCUT2D eigenvalue weighted by Crippen LogP contribution is 2.73. The van der Waals surface area contributed by atoms with Gasteiger partial charge in [0.1, 0.15) is 5.76 Å². The van der Waals surface area contributed by atoms with E-state index < -0.39 is 14.1 Å². The third-order valence-corrected chi connectivity index (χ3v) is 14.7. The first-order chi connectivity index (χ1) is 15.9. The van der Waals surface area contributed by atoms with E-state index in [0.29, 0.717) is 5.92 Å². The van der Waals surface area contributed by atoms with Gasteiger partial charge >= 0.3 is 0 Å². The number of methoxy groups -OCH3 is 2. The Morgan fingerprint density at radius 1 is 1.18 bits per heavy atom. The third kappa shape index (κ3) is 4.37. The molecule has 4 nitrogen and oxygen atoms in total. The average Bonchev–Trinajstić information content (AvgIpc) is 3.28. The quantitative estimate of drug-likeness (QED) is 0.193. The second-order valence-corrected chi connectivity index (χ2v) is 17.0. The van der Waals surface area contributed by atoms with Gasteiger partial charge in [0.2, 0.25) is 0 Å². The maximum atomic E-state index is 6.90. The van der Waals surface area contributed by atoms with Crippen molar-refractivity contribution < 1.29 is 18.6 Å². The van der Waals surface area contributed by atoms with E-state index in [1.807, 2.05) is 7.11 Å². The van der Waals surface area contributed by atoms with Gasteiger partial charge in [-0.25, -0.2) is 0 Å². The number of allylic oxidation sites excluding steroid dienone is 3. The molecular weight excluding hydrogens is 440 g/mol. The molecule has 0 radical (unpaired) electrons. The lowest BCUT2D eigenvalue weighted by molar-refractivity contribution is -0.261. The Morgan fingerprint density at radius 3 is 2.35 bits per heavy atom. The summed E-state index contributed by atoms with van der Waals surface area (Å²) in [4.78, 5) is 0. The second-order valence-electron chi connectivity index (χ2n) is 12.3. The van der Waals surface area contributed by atoms with Crippen molar-refractivity contribution in [1.29, 1.82) is 0 Å². The zero-order chi connectivity index (χ0) is 25.4. The monoisotopic (exact) mass is 492 g/mol. The topological polar surface area (TPSA) is 36.9 Å². The van der Waals surface area contributed by atoms with E-state index in [-0.39, 0.29) is 22.5 Å². The molecule has 0 aromatic rings. The molecule has 2 bridgehead atoms. The molecule has 5 heteroatoms. The zero-order valence-corrected chi connectivity index (χ0v) is 24.8. The van der Waals surface area contributed by atoms with E-state index in [1.54, 1.807) is 7.11 Å². The Balaban J connectivity index is 1.79. The van der Waals surface area contributed by atoms with Gasteiger partial charge in [-0.1, -0.05) is 39.3 Å². The van der Waals surface area contributed by atoms with Crippen molar-refractivity contribution in [3.8, 4) is 0 Å². The summed E-state index contributed by atoms with van der Waals surface area (Å²) in [5.74, 6) is 0.800. The van der Waals surface area contributed by atoms with E-state index in [4.69, 9.17) is 18.6 Å². The van der Waals surface area contributed by atoms with Crippen molar-refractivity contribution in [2.45, 2.75) is 130 Å². The van der Waals surface area contributed by atoms with Crippen LogP contribution in [0.5, 0.6) is 0 Å². The smallest absolute Gasteiger partial charge is 0.192 e. The molecule has 2 aliphatic heterocycles. The highest BCUT2D eigenvalue weighted by molar-refractivity contribution is 6.73. The van der Waals surface area contributed by atoms with E-state index in [2.05, 4.69) is 67.5 Å². The second kappa shape index (κ2) is 10.0. The molecule has 0 amide bonds. The van der Waals surface area contributed by atoms with Crippen molar-refractivity contribution in [2.24, 2.45) is 16.7 Å². The molecule has 5 atom stereocenters. The largest absolute Gasteiger partial charge is 0.501 e. The molecule has 0 saturated carbocycles. The molecule has 3 aliphatic rings. The number of hydrogen-bond donors (Lipinski definition) is 0. The molecule has 2 heterocycles. The van der Waals surface area contributed by atoms with E-state index in [9.17, 15) is 0 Å². The zero-order valence-electron chi connectivity index (χ0n) is 23.8. The van der Waals surface area contributed by atoms with Crippen molar-refractivity contribution >= 4 is 8.32 Å². The summed E-state index contributed by atoms with van der Waals surface area (Å²) in [6, 6.07) is 3.62. The van der Waals surface area contributed by atoms with Gasteiger partial charge in [0, 0.05) is 18.4 Å². The lowest BCUT2D eigenvalue weighted by Crippen LogP contribution is -2.59. The summed E-state index contributed by atoms with van der Waals surface area (Å²) in [5.41, 5.74) is 1.14. The van der Waals surface area contributed by atoms with Gasteiger partial charge in [-0.2, -0.15) is 0 Å². The molecule has 0 aromatic heterocycles. The SMILES string of the molecule is CC[Si](CC)(CC)OC(C)(C)CCCC1(C)[C@H]2CC=C(OC)[C@@]3(CC=C(C)C)C[C@H]1O[C@@]23OC. The highest BCUT2D eigenvalue weighted by Gasteiger charge is 2.77. The van der Waals surface area contributed by atoms with Crippen LogP contribution in [-0.2, 0) is 18.6 Å². The van der Waals surface area contributed by atoms with Crippen LogP contribution in [0.1, 0.15) is 93.9 Å². The van der Waals surface area contributed by atoms with Gasteiger partial charge in [-0.05, 0) is 90.4 Å². The normalized spacial score (nSPS) is 34.8. The first kappa shape index (κ1) is 28.0. The van der Waals surface area contributed by atoms with Gasteiger partial charge < -0.3 is 18.6 Å². The first-order valence-corrected chi connectivity index (χ1v) is 16.3. The minimum atomic E-state index is -1.62. The Kier molecular flexibility index (Phi) is 8.25. The van der Waals surface area contributed by atoms with Crippen LogP contribution in [0.15, 0.2) is 23.5 Å². The van der Waals surface area contributed by atoms with E-state index in [1.165, 1.54) is 23.7 Å². The molecule has 1 aliphatic carbocycles. The standard InChI is InChI=1S/C29H52O4Si/c1-11-34(12-2,13-3)33-26(6,7)18-14-19-27(8)23-15-16-24(30-9)28(20-17-22(4)5)21-25(27)32-29(23,28)31-10/h16-17,23,25H,11-15,18-21H2,1-10H3/t23-,25-,27?,28-,29+/m1/s1. The van der Waals surface area contributed by atoms with Crippen LogP contribution in [0.4, 0.5) is 0 Å². The lowest BCUT2D eigenvalue weighted by Gasteiger charge is -2.55. The Bertz CT molecular complexity index is 773. The molecule has 3 rings (SSSR count). The summed E-state index contributed by atoms with van der Waals surface area (Å²) in [5, 5.41) is 0. The highest BCUT2D eigenvalue weighted by atomic mass is 28.4. The number of ether oxygens (including phenoxy) is 3. The van der Waals surface area contributed by atoms with Gasteiger partial charge in [-0.3, -0.25) is 0 Å². The van der Waals surface area contributed by atoms with E-state index >= 15 is 0 Å². The predicted octanol–water partition coefficient (Wildman–Crippen LogP) is 8.00. The molecular formula is C29H52O4Si. The Hall–Kier alpha value is -0.623. The number of fused-ring (bicyclic) bond motifs is 1. The molecule has 34 heavy (non-hydrogen) atoms. The van der Waals surface area contributed by atoms with Crippen LogP contribution in [-0.4, -0.2) is 40.0 Å². The van der Waals surface area contributed by atoms with Crippen LogP contribution in [0, 0.1) is 16.7 Å². The molecule has 0 aromatic carbocycles. The van der Waals surface area contributed by atoms with Crippen LogP contribution < -0.4 is 0 Å². The summed E-state index contributed by atoms with van der Waals surface area (Å²) in [7, 11) is 2.03. The van der Waals surface area contributed by atoms with Crippen LogP contribution in [0.3, 0.4) is 0 Å². The van der Waals surface area contributed by atoms with Crippen molar-refractivity contribution in [1.82, 2.24) is 0 Å².